The zero-order chi connectivity index (χ0) is 26.5. The van der Waals surface area contributed by atoms with Crippen LogP contribution in [0.3, 0.4) is 0 Å². The molecule has 1 aliphatic heterocycles. The Morgan fingerprint density at radius 2 is 1.83 bits per heavy atom. The number of hydrogen-bond donors (Lipinski definition) is 1. The molecule has 1 atom stereocenters. The number of anilines is 1. The summed E-state index contributed by atoms with van der Waals surface area (Å²) < 4.78 is 42.5. The van der Waals surface area contributed by atoms with Gasteiger partial charge in [-0.3, -0.25) is 13.9 Å². The van der Waals surface area contributed by atoms with Crippen LogP contribution in [0.2, 0.25) is 0 Å². The molecule has 0 aliphatic carbocycles. The normalized spacial score (nSPS) is 13.3. The Labute approximate surface area is 212 Å². The molecule has 2 amide bonds. The topological polar surface area (TPSA) is 114 Å². The smallest absolute Gasteiger partial charge is 0.244 e. The van der Waals surface area contributed by atoms with Crippen LogP contribution in [0.15, 0.2) is 42.5 Å². The highest BCUT2D eigenvalue weighted by Crippen LogP contribution is 2.36. The van der Waals surface area contributed by atoms with Crippen molar-refractivity contribution in [3.8, 4) is 17.2 Å². The minimum absolute atomic E-state index is 0.0358. The third-order valence-electron chi connectivity index (χ3n) is 5.63. The van der Waals surface area contributed by atoms with Gasteiger partial charge in [0.25, 0.3) is 0 Å². The van der Waals surface area contributed by atoms with Crippen LogP contribution in [0.4, 0.5) is 5.69 Å². The molecule has 11 heteroatoms. The van der Waals surface area contributed by atoms with Crippen molar-refractivity contribution in [1.82, 2.24) is 10.2 Å². The predicted octanol–water partition coefficient (Wildman–Crippen LogP) is 2.52. The van der Waals surface area contributed by atoms with E-state index in [2.05, 4.69) is 5.32 Å². The van der Waals surface area contributed by atoms with E-state index >= 15 is 0 Å². The van der Waals surface area contributed by atoms with Gasteiger partial charge in [-0.15, -0.1) is 0 Å². The first-order valence-electron chi connectivity index (χ1n) is 11.6. The Kier molecular flexibility index (Phi) is 8.67. The second-order valence-corrected chi connectivity index (χ2v) is 10.7. The van der Waals surface area contributed by atoms with E-state index in [1.165, 1.54) is 11.0 Å². The lowest BCUT2D eigenvalue weighted by atomic mass is 10.1. The fourth-order valence-electron chi connectivity index (χ4n) is 3.92. The number of amides is 2. The monoisotopic (exact) mass is 519 g/mol. The lowest BCUT2D eigenvalue weighted by Gasteiger charge is -2.33. The first kappa shape index (κ1) is 27.1. The van der Waals surface area contributed by atoms with E-state index in [1.807, 2.05) is 26.8 Å². The molecule has 3 rings (SSSR count). The van der Waals surface area contributed by atoms with E-state index in [-0.39, 0.29) is 31.0 Å². The van der Waals surface area contributed by atoms with Crippen LogP contribution < -0.4 is 23.8 Å². The number of benzene rings is 2. The number of ether oxygens (including phenoxy) is 3. The van der Waals surface area contributed by atoms with E-state index in [4.69, 9.17) is 14.2 Å². The zero-order valence-corrected chi connectivity index (χ0v) is 22.0. The summed E-state index contributed by atoms with van der Waals surface area (Å²) in [6.45, 7) is 5.12. The number of sulfonamides is 1. The number of rotatable bonds is 11. The fraction of sp³-hybridized carbons (Fsp3) is 0.440. The molecule has 0 aromatic heterocycles. The summed E-state index contributed by atoms with van der Waals surface area (Å²) in [6, 6.07) is 10.9. The Morgan fingerprint density at radius 1 is 1.11 bits per heavy atom. The third kappa shape index (κ3) is 6.60. The summed E-state index contributed by atoms with van der Waals surface area (Å²) in [7, 11) is -2.31. The molecule has 0 radical (unpaired) electrons. The van der Waals surface area contributed by atoms with Crippen LogP contribution in [0.5, 0.6) is 17.2 Å². The number of hydrogen-bond acceptors (Lipinski definition) is 7. The maximum Gasteiger partial charge on any atom is 0.244 e. The molecule has 0 fully saturated rings. The molecule has 196 valence electrons. The highest BCUT2D eigenvalue weighted by atomic mass is 32.2. The van der Waals surface area contributed by atoms with E-state index in [0.717, 1.165) is 16.1 Å². The van der Waals surface area contributed by atoms with E-state index in [0.29, 0.717) is 23.7 Å². The second kappa shape index (κ2) is 11.5. The van der Waals surface area contributed by atoms with Gasteiger partial charge in [-0.2, -0.15) is 0 Å². The quantitative estimate of drug-likeness (QED) is 0.485. The third-order valence-corrected chi connectivity index (χ3v) is 6.77. The minimum Gasteiger partial charge on any atom is -0.497 e. The van der Waals surface area contributed by atoms with Crippen molar-refractivity contribution < 1.29 is 32.2 Å². The van der Waals surface area contributed by atoms with Crippen LogP contribution in [-0.2, 0) is 26.2 Å². The first-order chi connectivity index (χ1) is 17.0. The van der Waals surface area contributed by atoms with E-state index < -0.39 is 28.5 Å². The van der Waals surface area contributed by atoms with Crippen LogP contribution >= 0.6 is 0 Å². The number of carbonyl (C=O) groups excluding carboxylic acids is 2. The molecule has 0 spiro atoms. The van der Waals surface area contributed by atoms with Gasteiger partial charge < -0.3 is 24.4 Å². The highest BCUT2D eigenvalue weighted by Gasteiger charge is 2.32. The first-order valence-corrected chi connectivity index (χ1v) is 13.5. The van der Waals surface area contributed by atoms with Gasteiger partial charge in [-0.25, -0.2) is 8.42 Å². The van der Waals surface area contributed by atoms with Crippen LogP contribution in [0.25, 0.3) is 0 Å². The van der Waals surface area contributed by atoms with Gasteiger partial charge >= 0.3 is 0 Å². The number of methoxy groups -OCH3 is 1. The number of fused-ring (bicyclic) bond motifs is 1. The molecule has 2 aromatic rings. The summed E-state index contributed by atoms with van der Waals surface area (Å²) in [4.78, 5) is 28.2. The lowest BCUT2D eigenvalue weighted by Crippen LogP contribution is -2.53. The second-order valence-electron chi connectivity index (χ2n) is 8.77. The van der Waals surface area contributed by atoms with Crippen LogP contribution in [-0.4, -0.2) is 63.9 Å². The predicted molar refractivity (Wildman–Crippen MR) is 136 cm³/mol. The highest BCUT2D eigenvalue weighted by molar-refractivity contribution is 7.92. The molecular formula is C25H33N3O7S. The van der Waals surface area contributed by atoms with Crippen molar-refractivity contribution in [2.45, 2.75) is 45.8 Å². The molecule has 2 aromatic carbocycles. The minimum atomic E-state index is -3.85. The van der Waals surface area contributed by atoms with E-state index in [1.54, 1.807) is 37.4 Å². The van der Waals surface area contributed by atoms with Gasteiger partial charge in [0.1, 0.15) is 18.3 Å². The van der Waals surface area contributed by atoms with Gasteiger partial charge in [0, 0.05) is 18.7 Å². The van der Waals surface area contributed by atoms with Crippen molar-refractivity contribution >= 4 is 27.5 Å². The summed E-state index contributed by atoms with van der Waals surface area (Å²) in [5, 5.41) is 2.86. The summed E-state index contributed by atoms with van der Waals surface area (Å²) in [5.41, 5.74) is 1.00. The zero-order valence-electron chi connectivity index (χ0n) is 21.2. The molecule has 0 saturated carbocycles. The summed E-state index contributed by atoms with van der Waals surface area (Å²) >= 11 is 0. The molecule has 1 N–H and O–H groups in total. The Bertz CT molecular complexity index is 1200. The summed E-state index contributed by atoms with van der Waals surface area (Å²) in [5.74, 6) is 0.668. The maximum atomic E-state index is 13.7. The molecule has 1 heterocycles. The molecule has 10 nitrogen and oxygen atoms in total. The lowest BCUT2D eigenvalue weighted by molar-refractivity contribution is -0.140. The van der Waals surface area contributed by atoms with Gasteiger partial charge in [0.2, 0.25) is 28.6 Å². The number of carbonyl (C=O) groups is 2. The van der Waals surface area contributed by atoms with Crippen molar-refractivity contribution in [2.75, 3.05) is 31.0 Å². The van der Waals surface area contributed by atoms with Crippen LogP contribution in [0.1, 0.15) is 32.8 Å². The van der Waals surface area contributed by atoms with Crippen molar-refractivity contribution in [3.63, 3.8) is 0 Å². The average molecular weight is 520 g/mol. The molecular weight excluding hydrogens is 486 g/mol. The maximum absolute atomic E-state index is 13.7. The van der Waals surface area contributed by atoms with E-state index in [9.17, 15) is 18.0 Å². The molecule has 36 heavy (non-hydrogen) atoms. The SMILES string of the molecule is CCC(C(=O)NC(C)C)N(Cc1cccc(OC)c1)C(=O)CN(c1ccc2c(c1)OCO2)S(C)(=O)=O. The van der Waals surface area contributed by atoms with Crippen molar-refractivity contribution in [1.29, 1.82) is 0 Å². The Hall–Kier alpha value is -3.47. The van der Waals surface area contributed by atoms with Crippen molar-refractivity contribution in [2.24, 2.45) is 0 Å². The van der Waals surface area contributed by atoms with Crippen LogP contribution in [0, 0.1) is 0 Å². The molecule has 1 unspecified atom stereocenters. The van der Waals surface area contributed by atoms with Gasteiger partial charge in [-0.1, -0.05) is 19.1 Å². The Balaban J connectivity index is 1.96. The van der Waals surface area contributed by atoms with Gasteiger partial charge in [0.15, 0.2) is 11.5 Å². The van der Waals surface area contributed by atoms with Gasteiger partial charge in [0.05, 0.1) is 19.1 Å². The largest absolute Gasteiger partial charge is 0.497 e. The van der Waals surface area contributed by atoms with Gasteiger partial charge in [-0.05, 0) is 50.1 Å². The molecule has 0 saturated heterocycles. The standard InChI is InChI=1S/C25H33N3O7S/c1-6-21(25(30)26-17(2)3)27(14-18-8-7-9-20(12-18)33-4)24(29)15-28(36(5,31)32)19-10-11-22-23(13-19)35-16-34-22/h7-13,17,21H,6,14-16H2,1-5H3,(H,26,30). The number of nitrogens with one attached hydrogen (secondary N) is 1. The Morgan fingerprint density at radius 3 is 2.47 bits per heavy atom. The fourth-order valence-corrected chi connectivity index (χ4v) is 4.76. The summed E-state index contributed by atoms with van der Waals surface area (Å²) in [6.07, 6.45) is 1.37. The number of nitrogens with zero attached hydrogens (tertiary/aromatic N) is 2. The molecule has 1 aliphatic rings. The van der Waals surface area contributed by atoms with Crippen molar-refractivity contribution in [3.05, 3.63) is 48.0 Å². The average Bonchev–Trinajstić information content (AvgIpc) is 3.29. The molecule has 0 bridgehead atoms.